The Balaban J connectivity index is 1.33. The maximum Gasteiger partial charge on any atom is 0.227 e. The van der Waals surface area contributed by atoms with Gasteiger partial charge < -0.3 is 15.0 Å². The fraction of sp³-hybridized carbons (Fsp3) is 0.375. The second kappa shape index (κ2) is 9.46. The van der Waals surface area contributed by atoms with Crippen molar-refractivity contribution in [2.45, 2.75) is 13.5 Å². The van der Waals surface area contributed by atoms with E-state index in [0.717, 1.165) is 72.0 Å². The van der Waals surface area contributed by atoms with E-state index in [1.165, 1.54) is 4.88 Å². The first-order chi connectivity index (χ1) is 16.1. The van der Waals surface area contributed by atoms with Gasteiger partial charge in [-0.2, -0.15) is 5.10 Å². The number of nitrogens with zero attached hydrogens (tertiary/aromatic N) is 6. The number of fused-ring (bicyclic) bond motifs is 1. The molecular weight excluding hydrogens is 434 g/mol. The lowest BCUT2D eigenvalue weighted by atomic mass is 10.0. The molecule has 1 saturated heterocycles. The number of thiophene rings is 1. The van der Waals surface area contributed by atoms with Gasteiger partial charge in [0.25, 0.3) is 0 Å². The zero-order chi connectivity index (χ0) is 22.8. The Morgan fingerprint density at radius 3 is 2.73 bits per heavy atom. The zero-order valence-corrected chi connectivity index (χ0v) is 20.1. The Hall–Kier alpha value is -3.01. The standard InChI is InChI=1S/C24H29N7OS/c1-17-22(19-6-4-5-7-20(19)32-3)23-21(33-17)15-25-24(28-23)27-18-14-26-31(16-18)13-12-30-10-8-29(2)9-11-30/h4-7,14-16H,8-13H2,1-3H3,(H,25,27,28). The molecule has 1 N–H and O–H groups in total. The van der Waals surface area contributed by atoms with Crippen molar-refractivity contribution in [2.75, 3.05) is 52.2 Å². The van der Waals surface area contributed by atoms with Gasteiger partial charge in [0.1, 0.15) is 5.75 Å². The van der Waals surface area contributed by atoms with E-state index >= 15 is 0 Å². The zero-order valence-electron chi connectivity index (χ0n) is 19.3. The van der Waals surface area contributed by atoms with Crippen molar-refractivity contribution < 1.29 is 4.74 Å². The van der Waals surface area contributed by atoms with Crippen LogP contribution < -0.4 is 10.1 Å². The molecule has 0 saturated carbocycles. The van der Waals surface area contributed by atoms with Crippen molar-refractivity contribution in [1.29, 1.82) is 0 Å². The van der Waals surface area contributed by atoms with Crippen LogP contribution in [0.1, 0.15) is 4.88 Å². The van der Waals surface area contributed by atoms with Gasteiger partial charge in [0.2, 0.25) is 5.95 Å². The quantitative estimate of drug-likeness (QED) is 0.446. The first kappa shape index (κ1) is 21.8. The minimum absolute atomic E-state index is 0.565. The van der Waals surface area contributed by atoms with Crippen LogP contribution in [0.2, 0.25) is 0 Å². The van der Waals surface area contributed by atoms with Gasteiger partial charge in [0.05, 0.1) is 42.0 Å². The minimum Gasteiger partial charge on any atom is -0.496 e. The highest BCUT2D eigenvalue weighted by molar-refractivity contribution is 7.19. The molecule has 0 aliphatic carbocycles. The molecule has 0 unspecified atom stereocenters. The summed E-state index contributed by atoms with van der Waals surface area (Å²) in [5, 5.41) is 7.84. The number of anilines is 2. The third-order valence-corrected chi connectivity index (χ3v) is 7.14. The number of hydrogen-bond acceptors (Lipinski definition) is 8. The molecular formula is C24H29N7OS. The molecule has 4 heterocycles. The summed E-state index contributed by atoms with van der Waals surface area (Å²) in [6.45, 7) is 8.48. The van der Waals surface area contributed by atoms with Crippen molar-refractivity contribution in [1.82, 2.24) is 29.5 Å². The number of aromatic nitrogens is 4. The normalized spacial score (nSPS) is 15.2. The van der Waals surface area contributed by atoms with Gasteiger partial charge in [-0.1, -0.05) is 18.2 Å². The lowest BCUT2D eigenvalue weighted by molar-refractivity contribution is 0.149. The van der Waals surface area contributed by atoms with Crippen LogP contribution in [-0.4, -0.2) is 76.4 Å². The minimum atomic E-state index is 0.565. The van der Waals surface area contributed by atoms with E-state index in [0.29, 0.717) is 5.95 Å². The van der Waals surface area contributed by atoms with Crippen molar-refractivity contribution in [3.05, 3.63) is 47.7 Å². The maximum absolute atomic E-state index is 5.60. The second-order valence-corrected chi connectivity index (χ2v) is 9.66. The van der Waals surface area contributed by atoms with E-state index < -0.39 is 0 Å². The average Bonchev–Trinajstić information content (AvgIpc) is 3.41. The molecule has 0 spiro atoms. The van der Waals surface area contributed by atoms with Crippen LogP contribution >= 0.6 is 11.3 Å². The molecule has 3 aromatic heterocycles. The summed E-state index contributed by atoms with van der Waals surface area (Å²) >= 11 is 1.70. The number of likely N-dealkylation sites (N-methyl/N-ethyl adjacent to an activating group) is 1. The summed E-state index contributed by atoms with van der Waals surface area (Å²) in [5.41, 5.74) is 3.96. The topological polar surface area (TPSA) is 71.3 Å². The monoisotopic (exact) mass is 463 g/mol. The summed E-state index contributed by atoms with van der Waals surface area (Å²) in [7, 11) is 3.88. The molecule has 0 amide bonds. The van der Waals surface area contributed by atoms with Gasteiger partial charge in [-0.3, -0.25) is 9.58 Å². The van der Waals surface area contributed by atoms with Gasteiger partial charge in [0.15, 0.2) is 0 Å². The van der Waals surface area contributed by atoms with Gasteiger partial charge in [-0.25, -0.2) is 9.97 Å². The van der Waals surface area contributed by atoms with Crippen LogP contribution in [0, 0.1) is 6.92 Å². The Labute approximate surface area is 197 Å². The predicted octanol–water partition coefficient (Wildman–Crippen LogP) is 3.86. The van der Waals surface area contributed by atoms with E-state index in [9.17, 15) is 0 Å². The fourth-order valence-electron chi connectivity index (χ4n) is 4.23. The first-order valence-corrected chi connectivity index (χ1v) is 12.0. The van der Waals surface area contributed by atoms with Crippen LogP contribution in [0.5, 0.6) is 5.75 Å². The first-order valence-electron chi connectivity index (χ1n) is 11.2. The number of nitrogens with one attached hydrogen (secondary N) is 1. The molecule has 0 bridgehead atoms. The third kappa shape index (κ3) is 4.71. The third-order valence-electron chi connectivity index (χ3n) is 6.11. The van der Waals surface area contributed by atoms with Crippen LogP contribution in [0.25, 0.3) is 21.3 Å². The SMILES string of the molecule is COc1ccccc1-c1c(C)sc2cnc(Nc3cnn(CCN4CCN(C)CC4)c3)nc12. The molecule has 1 fully saturated rings. The van der Waals surface area contributed by atoms with Gasteiger partial charge in [0, 0.05) is 54.9 Å². The number of aryl methyl sites for hydroxylation is 1. The summed E-state index contributed by atoms with van der Waals surface area (Å²) in [6, 6.07) is 8.06. The summed E-state index contributed by atoms with van der Waals surface area (Å²) < 4.78 is 8.64. The highest BCUT2D eigenvalue weighted by Gasteiger charge is 2.17. The van der Waals surface area contributed by atoms with E-state index in [-0.39, 0.29) is 0 Å². The van der Waals surface area contributed by atoms with Crippen LogP contribution in [-0.2, 0) is 6.54 Å². The smallest absolute Gasteiger partial charge is 0.227 e. The Morgan fingerprint density at radius 2 is 1.91 bits per heavy atom. The van der Waals surface area contributed by atoms with E-state index in [4.69, 9.17) is 9.72 Å². The molecule has 9 heteroatoms. The molecule has 5 rings (SSSR count). The van der Waals surface area contributed by atoms with Crippen molar-refractivity contribution in [3.63, 3.8) is 0 Å². The largest absolute Gasteiger partial charge is 0.496 e. The second-order valence-electron chi connectivity index (χ2n) is 8.40. The van der Waals surface area contributed by atoms with E-state index in [1.54, 1.807) is 18.4 Å². The molecule has 1 aromatic carbocycles. The summed E-state index contributed by atoms with van der Waals surface area (Å²) in [4.78, 5) is 15.5. The molecule has 0 atom stereocenters. The highest BCUT2D eigenvalue weighted by Crippen LogP contribution is 2.41. The fourth-order valence-corrected chi connectivity index (χ4v) is 5.22. The number of benzene rings is 1. The maximum atomic E-state index is 5.60. The molecule has 0 radical (unpaired) electrons. The molecule has 1 aliphatic rings. The van der Waals surface area contributed by atoms with Crippen molar-refractivity contribution in [2.24, 2.45) is 0 Å². The van der Waals surface area contributed by atoms with Gasteiger partial charge in [-0.15, -0.1) is 11.3 Å². The molecule has 1 aliphatic heterocycles. The number of para-hydroxylation sites is 1. The van der Waals surface area contributed by atoms with E-state index in [1.807, 2.05) is 41.5 Å². The average molecular weight is 464 g/mol. The number of piperazine rings is 1. The van der Waals surface area contributed by atoms with E-state index in [2.05, 4.69) is 45.2 Å². The van der Waals surface area contributed by atoms with Crippen molar-refractivity contribution >= 4 is 33.2 Å². The van der Waals surface area contributed by atoms with Crippen LogP contribution in [0.15, 0.2) is 42.9 Å². The lowest BCUT2D eigenvalue weighted by Crippen LogP contribution is -2.45. The van der Waals surface area contributed by atoms with Crippen molar-refractivity contribution in [3.8, 4) is 16.9 Å². The Bertz CT molecular complexity index is 1240. The molecule has 172 valence electrons. The molecule has 33 heavy (non-hydrogen) atoms. The highest BCUT2D eigenvalue weighted by atomic mass is 32.1. The Morgan fingerprint density at radius 1 is 1.09 bits per heavy atom. The van der Waals surface area contributed by atoms with Crippen LogP contribution in [0.4, 0.5) is 11.6 Å². The summed E-state index contributed by atoms with van der Waals surface area (Å²) in [5.74, 6) is 1.41. The number of ether oxygens (including phenoxy) is 1. The van der Waals surface area contributed by atoms with Gasteiger partial charge >= 0.3 is 0 Å². The summed E-state index contributed by atoms with van der Waals surface area (Å²) in [6.07, 6.45) is 5.74. The number of methoxy groups -OCH3 is 1. The van der Waals surface area contributed by atoms with Crippen LogP contribution in [0.3, 0.4) is 0 Å². The molecule has 4 aromatic rings. The Kier molecular flexibility index (Phi) is 6.26. The predicted molar refractivity (Wildman–Crippen MR) is 134 cm³/mol. The number of hydrogen-bond donors (Lipinski definition) is 1. The lowest BCUT2D eigenvalue weighted by Gasteiger charge is -2.32. The van der Waals surface area contributed by atoms with Gasteiger partial charge in [-0.05, 0) is 20.0 Å². The number of rotatable bonds is 7. The molecule has 8 nitrogen and oxygen atoms in total.